The second kappa shape index (κ2) is 14.5. The van der Waals surface area contributed by atoms with Crippen LogP contribution in [0.1, 0.15) is 24.8 Å². The molecule has 1 unspecified atom stereocenters. The molecule has 0 spiro atoms. The second-order valence-electron chi connectivity index (χ2n) is 11.1. The molecule has 0 saturated carbocycles. The van der Waals surface area contributed by atoms with E-state index in [1.165, 1.54) is 6.20 Å². The van der Waals surface area contributed by atoms with Crippen molar-refractivity contribution in [3.63, 3.8) is 0 Å². The fourth-order valence-electron chi connectivity index (χ4n) is 5.43. The molecule has 4 aromatic rings. The SMILES string of the molecule is N#Cc1cnc2cc(OC3CCOC3)c(NC(=O)C=C3CCN(CC(=O)O)CC3)cc2c1Nc1ccc(Oc2ccccn2)c(Cl)c1. The lowest BCUT2D eigenvalue weighted by Crippen LogP contribution is -2.35. The number of carbonyl (C=O) groups is 2. The first kappa shape index (κ1) is 31.7. The number of anilines is 3. The van der Waals surface area contributed by atoms with Crippen molar-refractivity contribution in [2.45, 2.75) is 25.4 Å². The zero-order chi connectivity index (χ0) is 32.8. The van der Waals surface area contributed by atoms with Crippen LogP contribution in [0, 0.1) is 11.3 Å². The van der Waals surface area contributed by atoms with Gasteiger partial charge >= 0.3 is 5.97 Å². The summed E-state index contributed by atoms with van der Waals surface area (Å²) in [7, 11) is 0. The maximum Gasteiger partial charge on any atom is 0.317 e. The summed E-state index contributed by atoms with van der Waals surface area (Å²) in [4.78, 5) is 34.9. The summed E-state index contributed by atoms with van der Waals surface area (Å²) >= 11 is 6.55. The van der Waals surface area contributed by atoms with E-state index in [4.69, 9.17) is 30.9 Å². The van der Waals surface area contributed by atoms with Gasteiger partial charge in [0, 0.05) is 61.2 Å². The normalized spacial score (nSPS) is 16.3. The van der Waals surface area contributed by atoms with E-state index in [0.717, 1.165) is 5.57 Å². The fraction of sp³-hybridized carbons (Fsp3) is 0.265. The number of carbonyl (C=O) groups excluding carboxylic acids is 1. The molecular formula is C34H31ClN6O6. The van der Waals surface area contributed by atoms with Crippen LogP contribution < -0.4 is 20.1 Å². The van der Waals surface area contributed by atoms with Gasteiger partial charge < -0.3 is 30.0 Å². The molecule has 2 aromatic carbocycles. The summed E-state index contributed by atoms with van der Waals surface area (Å²) in [5, 5.41) is 26.2. The number of nitrogens with zero attached hydrogens (tertiary/aromatic N) is 4. The van der Waals surface area contributed by atoms with E-state index in [1.807, 2.05) is 11.0 Å². The molecule has 2 aromatic heterocycles. The molecular weight excluding hydrogens is 624 g/mol. The van der Waals surface area contributed by atoms with Gasteiger partial charge in [-0.25, -0.2) is 4.98 Å². The lowest BCUT2D eigenvalue weighted by atomic mass is 10.0. The van der Waals surface area contributed by atoms with Crippen LogP contribution in [0.4, 0.5) is 17.1 Å². The van der Waals surface area contributed by atoms with Crippen LogP contribution >= 0.6 is 11.6 Å². The van der Waals surface area contributed by atoms with Crippen molar-refractivity contribution in [1.82, 2.24) is 14.9 Å². The molecule has 1 atom stereocenters. The third kappa shape index (κ3) is 7.96. The number of hydrogen-bond acceptors (Lipinski definition) is 10. The highest BCUT2D eigenvalue weighted by Crippen LogP contribution is 2.38. The minimum atomic E-state index is -0.871. The van der Waals surface area contributed by atoms with Crippen LogP contribution in [0.15, 0.2) is 72.6 Å². The van der Waals surface area contributed by atoms with Gasteiger partial charge in [0.25, 0.3) is 0 Å². The number of piperidine rings is 1. The van der Waals surface area contributed by atoms with Gasteiger partial charge in [-0.05, 0) is 43.2 Å². The topological polar surface area (TPSA) is 159 Å². The highest BCUT2D eigenvalue weighted by Gasteiger charge is 2.22. The van der Waals surface area contributed by atoms with Crippen molar-refractivity contribution < 1.29 is 28.9 Å². The van der Waals surface area contributed by atoms with Gasteiger partial charge in [0.1, 0.15) is 23.7 Å². The van der Waals surface area contributed by atoms with E-state index in [9.17, 15) is 14.9 Å². The van der Waals surface area contributed by atoms with Gasteiger partial charge in [-0.2, -0.15) is 5.26 Å². The minimum Gasteiger partial charge on any atom is -0.486 e. The first-order valence-electron chi connectivity index (χ1n) is 15.1. The number of aliphatic carboxylic acids is 1. The molecule has 6 rings (SSSR count). The van der Waals surface area contributed by atoms with E-state index < -0.39 is 5.97 Å². The van der Waals surface area contributed by atoms with Gasteiger partial charge in [0.05, 0.1) is 47.2 Å². The summed E-state index contributed by atoms with van der Waals surface area (Å²) in [5.74, 6) is 0.0359. The Morgan fingerprint density at radius 2 is 2.00 bits per heavy atom. The average Bonchev–Trinajstić information content (AvgIpc) is 3.57. The molecule has 2 aliphatic rings. The van der Waals surface area contributed by atoms with Gasteiger partial charge in [-0.15, -0.1) is 0 Å². The predicted octanol–water partition coefficient (Wildman–Crippen LogP) is 5.90. The summed E-state index contributed by atoms with van der Waals surface area (Å²) in [6, 6.07) is 16.1. The Bertz CT molecular complexity index is 1860. The summed E-state index contributed by atoms with van der Waals surface area (Å²) < 4.78 is 17.6. The Morgan fingerprint density at radius 1 is 1.15 bits per heavy atom. The van der Waals surface area contributed by atoms with E-state index in [-0.39, 0.29) is 24.1 Å². The minimum absolute atomic E-state index is 0.0213. The van der Waals surface area contributed by atoms with Gasteiger partial charge in [0.15, 0.2) is 0 Å². The molecule has 0 radical (unpaired) electrons. The third-order valence-electron chi connectivity index (χ3n) is 7.78. The molecule has 47 heavy (non-hydrogen) atoms. The number of fused-ring (bicyclic) bond motifs is 1. The summed E-state index contributed by atoms with van der Waals surface area (Å²) in [6.07, 6.45) is 6.37. The van der Waals surface area contributed by atoms with Gasteiger partial charge in [-0.1, -0.05) is 23.2 Å². The number of rotatable bonds is 10. The standard InChI is InChI=1S/C34H31ClN6O6/c35-26-14-23(4-5-29(26)47-32-3-1-2-9-37-32)39-34-22(17-36)18-38-27-16-30(46-24-8-12-45-20-24)28(15-25(27)34)40-31(42)13-21-6-10-41(11-7-21)19-33(43)44/h1-5,9,13-16,18,24H,6-8,10-12,19-20H2,(H,38,39)(H,40,42)(H,43,44). The van der Waals surface area contributed by atoms with Gasteiger partial charge in [0.2, 0.25) is 11.8 Å². The van der Waals surface area contributed by atoms with Crippen molar-refractivity contribution in [1.29, 1.82) is 5.26 Å². The number of aromatic nitrogens is 2. The number of hydrogen-bond donors (Lipinski definition) is 3. The number of likely N-dealkylation sites (tertiary alicyclic amines) is 1. The number of carboxylic acid groups (broad SMARTS) is 1. The Labute approximate surface area is 275 Å². The maximum absolute atomic E-state index is 13.3. The predicted molar refractivity (Wildman–Crippen MR) is 175 cm³/mol. The number of carboxylic acids is 1. The van der Waals surface area contributed by atoms with Crippen LogP contribution in [0.3, 0.4) is 0 Å². The maximum atomic E-state index is 13.3. The Balaban J connectivity index is 1.29. The molecule has 0 aliphatic carbocycles. The van der Waals surface area contributed by atoms with Crippen molar-refractivity contribution in [3.05, 3.63) is 83.2 Å². The van der Waals surface area contributed by atoms with Gasteiger partial charge in [-0.3, -0.25) is 19.5 Å². The monoisotopic (exact) mass is 654 g/mol. The Hall–Kier alpha value is -5.22. The van der Waals surface area contributed by atoms with E-state index in [2.05, 4.69) is 26.7 Å². The number of ether oxygens (including phenoxy) is 3. The smallest absolute Gasteiger partial charge is 0.317 e. The molecule has 3 N–H and O–H groups in total. The average molecular weight is 655 g/mol. The first-order chi connectivity index (χ1) is 22.8. The molecule has 4 heterocycles. The number of halogens is 1. The highest BCUT2D eigenvalue weighted by molar-refractivity contribution is 6.32. The molecule has 13 heteroatoms. The fourth-order valence-corrected chi connectivity index (χ4v) is 5.65. The lowest BCUT2D eigenvalue weighted by molar-refractivity contribution is -0.138. The molecule has 0 bridgehead atoms. The summed E-state index contributed by atoms with van der Waals surface area (Å²) in [5.41, 5.74) is 3.24. The van der Waals surface area contributed by atoms with Crippen molar-refractivity contribution in [2.75, 3.05) is 43.5 Å². The second-order valence-corrected chi connectivity index (χ2v) is 11.5. The van der Waals surface area contributed by atoms with Crippen molar-refractivity contribution in [2.24, 2.45) is 0 Å². The molecule has 2 fully saturated rings. The first-order valence-corrected chi connectivity index (χ1v) is 15.4. The van der Waals surface area contributed by atoms with Crippen LogP contribution in [0.25, 0.3) is 10.9 Å². The van der Waals surface area contributed by atoms with Crippen LogP contribution in [0.2, 0.25) is 5.02 Å². The zero-order valence-electron chi connectivity index (χ0n) is 25.2. The molecule has 240 valence electrons. The lowest BCUT2D eigenvalue weighted by Gasteiger charge is -2.26. The quantitative estimate of drug-likeness (QED) is 0.175. The van der Waals surface area contributed by atoms with E-state index in [1.54, 1.807) is 54.7 Å². The third-order valence-corrected chi connectivity index (χ3v) is 8.07. The number of nitriles is 1. The molecule has 1 amide bonds. The highest BCUT2D eigenvalue weighted by atomic mass is 35.5. The Kier molecular flexibility index (Phi) is 9.78. The van der Waals surface area contributed by atoms with Crippen LogP contribution in [-0.4, -0.2) is 70.8 Å². The number of nitrogens with one attached hydrogen (secondary N) is 2. The van der Waals surface area contributed by atoms with E-state index >= 15 is 0 Å². The van der Waals surface area contributed by atoms with Crippen molar-refractivity contribution in [3.8, 4) is 23.4 Å². The van der Waals surface area contributed by atoms with Crippen molar-refractivity contribution >= 4 is 51.4 Å². The molecule has 2 saturated heterocycles. The zero-order valence-corrected chi connectivity index (χ0v) is 26.0. The van der Waals surface area contributed by atoms with Crippen LogP contribution in [0.5, 0.6) is 17.4 Å². The number of amides is 1. The summed E-state index contributed by atoms with van der Waals surface area (Å²) in [6.45, 7) is 2.12. The largest absolute Gasteiger partial charge is 0.486 e. The molecule has 12 nitrogen and oxygen atoms in total. The van der Waals surface area contributed by atoms with Crippen LogP contribution in [-0.2, 0) is 14.3 Å². The molecule has 2 aliphatic heterocycles. The Morgan fingerprint density at radius 3 is 2.70 bits per heavy atom. The van der Waals surface area contributed by atoms with E-state index in [0.29, 0.717) is 95.9 Å². The number of benzene rings is 2. The number of pyridine rings is 2.